The van der Waals surface area contributed by atoms with Crippen LogP contribution in [0.3, 0.4) is 0 Å². The van der Waals surface area contributed by atoms with E-state index in [2.05, 4.69) is 16.8 Å². The fraction of sp³-hybridized carbons (Fsp3) is 0.667. The van der Waals surface area contributed by atoms with E-state index < -0.39 is 5.54 Å². The van der Waals surface area contributed by atoms with Gasteiger partial charge in [-0.2, -0.15) is 0 Å². The molecule has 0 saturated heterocycles. The Morgan fingerprint density at radius 3 is 2.94 bits per heavy atom. The maximum Gasteiger partial charge on any atom is 0.0633 e. The fourth-order valence-electron chi connectivity index (χ4n) is 2.20. The number of aliphatic hydroxyl groups is 2. The van der Waals surface area contributed by atoms with Crippen molar-refractivity contribution in [3.8, 4) is 0 Å². The van der Waals surface area contributed by atoms with Gasteiger partial charge in [0.25, 0.3) is 0 Å². The molecule has 1 aliphatic rings. The molecule has 4 heteroatoms. The van der Waals surface area contributed by atoms with Gasteiger partial charge in [-0.1, -0.05) is 0 Å². The van der Waals surface area contributed by atoms with Crippen molar-refractivity contribution < 1.29 is 10.2 Å². The lowest BCUT2D eigenvalue weighted by molar-refractivity contribution is 0.0915. The van der Waals surface area contributed by atoms with Crippen molar-refractivity contribution in [2.24, 2.45) is 0 Å². The molecule has 1 aromatic rings. The van der Waals surface area contributed by atoms with Gasteiger partial charge in [-0.3, -0.25) is 0 Å². The molecule has 1 aliphatic carbocycles. The van der Waals surface area contributed by atoms with Crippen LogP contribution < -0.4 is 5.32 Å². The Morgan fingerprint density at radius 2 is 2.25 bits per heavy atom. The Morgan fingerprint density at radius 1 is 1.50 bits per heavy atom. The third kappa shape index (κ3) is 2.30. The SMILES string of the molecule is CC(CO)(CO)NC1CCCc2sccc21. The van der Waals surface area contributed by atoms with Gasteiger partial charge in [0, 0.05) is 10.9 Å². The van der Waals surface area contributed by atoms with E-state index in [4.69, 9.17) is 0 Å². The monoisotopic (exact) mass is 241 g/mol. The largest absolute Gasteiger partial charge is 0.394 e. The fourth-order valence-corrected chi connectivity index (χ4v) is 3.19. The van der Waals surface area contributed by atoms with E-state index in [-0.39, 0.29) is 19.3 Å². The zero-order valence-corrected chi connectivity index (χ0v) is 10.4. The van der Waals surface area contributed by atoms with E-state index in [0.717, 1.165) is 6.42 Å². The molecule has 1 atom stereocenters. The first-order valence-corrected chi connectivity index (χ1v) is 6.62. The highest BCUT2D eigenvalue weighted by atomic mass is 32.1. The molecule has 0 saturated carbocycles. The smallest absolute Gasteiger partial charge is 0.0633 e. The summed E-state index contributed by atoms with van der Waals surface area (Å²) < 4.78 is 0. The number of aryl methyl sites for hydroxylation is 1. The van der Waals surface area contributed by atoms with Gasteiger partial charge >= 0.3 is 0 Å². The Kier molecular flexibility index (Phi) is 3.64. The average molecular weight is 241 g/mol. The summed E-state index contributed by atoms with van der Waals surface area (Å²) in [5.74, 6) is 0. The van der Waals surface area contributed by atoms with Crippen LogP contribution in [0.4, 0.5) is 0 Å². The number of hydrogen-bond acceptors (Lipinski definition) is 4. The molecule has 1 heterocycles. The van der Waals surface area contributed by atoms with Gasteiger partial charge in [0.1, 0.15) is 0 Å². The van der Waals surface area contributed by atoms with Crippen LogP contribution in [0.1, 0.15) is 36.2 Å². The van der Waals surface area contributed by atoms with E-state index in [1.165, 1.54) is 23.3 Å². The molecular weight excluding hydrogens is 222 g/mol. The summed E-state index contributed by atoms with van der Waals surface area (Å²) in [6.45, 7) is 1.77. The minimum absolute atomic E-state index is 0.0422. The van der Waals surface area contributed by atoms with Crippen LogP contribution in [0.15, 0.2) is 11.4 Å². The van der Waals surface area contributed by atoms with E-state index in [9.17, 15) is 10.2 Å². The highest BCUT2D eigenvalue weighted by Crippen LogP contribution is 2.34. The highest BCUT2D eigenvalue weighted by molar-refractivity contribution is 7.10. The molecule has 0 aliphatic heterocycles. The standard InChI is InChI=1S/C12H19NO2S/c1-12(7-14,8-15)13-10-3-2-4-11-9(10)5-6-16-11/h5-6,10,13-15H,2-4,7-8H2,1H3. The number of thiophene rings is 1. The first-order chi connectivity index (χ1) is 7.68. The Hall–Kier alpha value is -0.420. The van der Waals surface area contributed by atoms with Crippen molar-refractivity contribution in [2.45, 2.75) is 37.8 Å². The minimum Gasteiger partial charge on any atom is -0.394 e. The highest BCUT2D eigenvalue weighted by Gasteiger charge is 2.29. The molecule has 16 heavy (non-hydrogen) atoms. The van der Waals surface area contributed by atoms with Gasteiger partial charge in [-0.15, -0.1) is 11.3 Å². The number of rotatable bonds is 4. The van der Waals surface area contributed by atoms with Gasteiger partial charge in [-0.05, 0) is 43.2 Å². The van der Waals surface area contributed by atoms with E-state index in [1.807, 2.05) is 6.92 Å². The number of nitrogens with one attached hydrogen (secondary N) is 1. The second kappa shape index (κ2) is 4.84. The maximum absolute atomic E-state index is 9.29. The van der Waals surface area contributed by atoms with Crippen molar-refractivity contribution in [1.82, 2.24) is 5.32 Å². The number of hydrogen-bond donors (Lipinski definition) is 3. The Bertz CT molecular complexity index is 347. The van der Waals surface area contributed by atoms with Crippen LogP contribution in [0.5, 0.6) is 0 Å². The lowest BCUT2D eigenvalue weighted by Crippen LogP contribution is -2.50. The van der Waals surface area contributed by atoms with Crippen LogP contribution in [0.25, 0.3) is 0 Å². The van der Waals surface area contributed by atoms with Gasteiger partial charge in [0.15, 0.2) is 0 Å². The maximum atomic E-state index is 9.29. The predicted molar refractivity (Wildman–Crippen MR) is 65.7 cm³/mol. The summed E-state index contributed by atoms with van der Waals surface area (Å²) in [4.78, 5) is 1.45. The van der Waals surface area contributed by atoms with Gasteiger partial charge in [-0.25, -0.2) is 0 Å². The normalized spacial score (nSPS) is 20.8. The summed E-state index contributed by atoms with van der Waals surface area (Å²) in [5.41, 5.74) is 0.769. The Balaban J connectivity index is 2.13. The summed E-state index contributed by atoms with van der Waals surface area (Å²) in [6.07, 6.45) is 3.43. The molecule has 90 valence electrons. The third-order valence-corrected chi connectivity index (χ3v) is 4.27. The number of fused-ring (bicyclic) bond motifs is 1. The average Bonchev–Trinajstić information content (AvgIpc) is 2.78. The first-order valence-electron chi connectivity index (χ1n) is 5.74. The van der Waals surface area contributed by atoms with E-state index >= 15 is 0 Å². The van der Waals surface area contributed by atoms with E-state index in [1.54, 1.807) is 11.3 Å². The second-order valence-corrected chi connectivity index (χ2v) is 5.77. The summed E-state index contributed by atoms with van der Waals surface area (Å²) in [7, 11) is 0. The predicted octanol–water partition coefficient (Wildman–Crippen LogP) is 1.46. The molecule has 3 nitrogen and oxygen atoms in total. The van der Waals surface area contributed by atoms with Gasteiger partial charge < -0.3 is 15.5 Å². The van der Waals surface area contributed by atoms with Crippen molar-refractivity contribution in [3.63, 3.8) is 0 Å². The summed E-state index contributed by atoms with van der Waals surface area (Å²) in [6, 6.07) is 2.44. The van der Waals surface area contributed by atoms with Crippen LogP contribution in [-0.4, -0.2) is 29.0 Å². The lowest BCUT2D eigenvalue weighted by atomic mass is 9.91. The zero-order valence-electron chi connectivity index (χ0n) is 9.57. The molecule has 0 bridgehead atoms. The van der Waals surface area contributed by atoms with Crippen molar-refractivity contribution in [1.29, 1.82) is 0 Å². The minimum atomic E-state index is -0.582. The van der Waals surface area contributed by atoms with Crippen molar-refractivity contribution in [2.75, 3.05) is 13.2 Å². The molecule has 1 aromatic heterocycles. The number of aliphatic hydroxyl groups excluding tert-OH is 2. The van der Waals surface area contributed by atoms with Crippen molar-refractivity contribution in [3.05, 3.63) is 21.9 Å². The van der Waals surface area contributed by atoms with Crippen LogP contribution in [0.2, 0.25) is 0 Å². The summed E-state index contributed by atoms with van der Waals surface area (Å²) in [5, 5.41) is 24.1. The summed E-state index contributed by atoms with van der Waals surface area (Å²) >= 11 is 1.81. The van der Waals surface area contributed by atoms with Crippen LogP contribution >= 0.6 is 11.3 Å². The molecule has 2 rings (SSSR count). The molecule has 0 radical (unpaired) electrons. The van der Waals surface area contributed by atoms with E-state index in [0.29, 0.717) is 0 Å². The molecular formula is C12H19NO2S. The molecule has 0 aromatic carbocycles. The molecule has 0 fully saturated rings. The van der Waals surface area contributed by atoms with Crippen molar-refractivity contribution >= 4 is 11.3 Å². The second-order valence-electron chi connectivity index (χ2n) is 4.77. The van der Waals surface area contributed by atoms with Gasteiger partial charge in [0.2, 0.25) is 0 Å². The quantitative estimate of drug-likeness (QED) is 0.748. The Labute approximate surface area is 100 Å². The first kappa shape index (κ1) is 12.0. The van der Waals surface area contributed by atoms with Crippen LogP contribution in [0, 0.1) is 0 Å². The molecule has 3 N–H and O–H groups in total. The third-order valence-electron chi connectivity index (χ3n) is 3.27. The molecule has 1 unspecified atom stereocenters. The molecule has 0 amide bonds. The topological polar surface area (TPSA) is 52.5 Å². The zero-order chi connectivity index (χ0) is 11.6. The molecule has 0 spiro atoms. The lowest BCUT2D eigenvalue weighted by Gasteiger charge is -2.34. The van der Waals surface area contributed by atoms with Gasteiger partial charge in [0.05, 0.1) is 18.8 Å². The van der Waals surface area contributed by atoms with Crippen LogP contribution in [-0.2, 0) is 6.42 Å².